The van der Waals surface area contributed by atoms with E-state index in [4.69, 9.17) is 11.6 Å². The molecule has 0 saturated carbocycles. The second kappa shape index (κ2) is 10.8. The molecule has 2 heterocycles. The topological polar surface area (TPSA) is 92.6 Å². The van der Waals surface area contributed by atoms with Crippen LogP contribution in [-0.4, -0.2) is 72.9 Å². The zero-order chi connectivity index (χ0) is 22.2. The number of pyridine rings is 1. The Morgan fingerprint density at radius 1 is 1.19 bits per heavy atom. The molecule has 0 radical (unpaired) electrons. The Labute approximate surface area is 187 Å². The smallest absolute Gasteiger partial charge is 0.244 e. The fourth-order valence-corrected chi connectivity index (χ4v) is 3.63. The van der Waals surface area contributed by atoms with Crippen molar-refractivity contribution in [1.29, 1.82) is 5.26 Å². The van der Waals surface area contributed by atoms with E-state index in [1.807, 2.05) is 0 Å². The summed E-state index contributed by atoms with van der Waals surface area (Å²) in [5.41, 5.74) is 1.07. The number of hydrogen-bond donors (Lipinski definition) is 1. The van der Waals surface area contributed by atoms with Gasteiger partial charge in [0.2, 0.25) is 11.8 Å². The van der Waals surface area contributed by atoms with Crippen molar-refractivity contribution in [1.82, 2.24) is 14.8 Å². The Morgan fingerprint density at radius 2 is 2.00 bits per heavy atom. The first-order chi connectivity index (χ1) is 15.0. The van der Waals surface area contributed by atoms with Gasteiger partial charge in [-0.3, -0.25) is 14.5 Å². The van der Waals surface area contributed by atoms with Gasteiger partial charge >= 0.3 is 0 Å². The molecule has 0 atom stereocenters. The highest BCUT2D eigenvalue weighted by molar-refractivity contribution is 6.33. The molecule has 2 amide bonds. The summed E-state index contributed by atoms with van der Waals surface area (Å²) < 4.78 is 0. The third-order valence-electron chi connectivity index (χ3n) is 5.11. The van der Waals surface area contributed by atoms with Gasteiger partial charge in [-0.25, -0.2) is 4.98 Å². The first kappa shape index (κ1) is 22.5. The lowest BCUT2D eigenvalue weighted by Crippen LogP contribution is -2.42. The number of benzene rings is 1. The number of carbonyl (C=O) groups excluding carboxylic acids is 2. The number of nitriles is 1. The van der Waals surface area contributed by atoms with Crippen LogP contribution in [0.4, 0.5) is 11.5 Å². The van der Waals surface area contributed by atoms with Gasteiger partial charge in [-0.05, 0) is 30.7 Å². The van der Waals surface area contributed by atoms with Gasteiger partial charge in [0, 0.05) is 39.4 Å². The fraction of sp³-hybridized carbons (Fsp3) is 0.364. The summed E-state index contributed by atoms with van der Waals surface area (Å²) in [4.78, 5) is 34.8. The number of anilines is 2. The highest BCUT2D eigenvalue weighted by Crippen LogP contribution is 2.20. The summed E-state index contributed by atoms with van der Waals surface area (Å²) in [5.74, 6) is 0.259. The van der Waals surface area contributed by atoms with Crippen LogP contribution in [0.15, 0.2) is 42.6 Å². The average Bonchev–Trinajstić information content (AvgIpc) is 3.00. The molecule has 1 aromatic carbocycles. The Kier molecular flexibility index (Phi) is 7.82. The highest BCUT2D eigenvalue weighted by atomic mass is 35.5. The molecule has 8 nitrogen and oxygen atoms in total. The number of halogens is 1. The third kappa shape index (κ3) is 6.17. The van der Waals surface area contributed by atoms with E-state index in [0.717, 1.165) is 19.5 Å². The van der Waals surface area contributed by atoms with Crippen molar-refractivity contribution < 1.29 is 9.59 Å². The minimum Gasteiger partial charge on any atom is -0.354 e. The van der Waals surface area contributed by atoms with Crippen LogP contribution >= 0.6 is 11.6 Å². The minimum atomic E-state index is -0.301. The predicted octanol–water partition coefficient (Wildman–Crippen LogP) is 2.22. The number of rotatable bonds is 6. The van der Waals surface area contributed by atoms with E-state index in [0.29, 0.717) is 35.2 Å². The lowest BCUT2D eigenvalue weighted by atomic mass is 10.2. The van der Waals surface area contributed by atoms with Crippen LogP contribution in [0.5, 0.6) is 0 Å². The Morgan fingerprint density at radius 3 is 2.77 bits per heavy atom. The minimum absolute atomic E-state index is 0.0521. The Bertz CT molecular complexity index is 976. The number of nitrogens with one attached hydrogen (secondary N) is 1. The second-order valence-corrected chi connectivity index (χ2v) is 7.79. The number of aromatic nitrogens is 1. The van der Waals surface area contributed by atoms with Crippen molar-refractivity contribution in [2.75, 3.05) is 56.5 Å². The van der Waals surface area contributed by atoms with Crippen molar-refractivity contribution in [2.45, 2.75) is 6.42 Å². The normalized spacial score (nSPS) is 14.4. The van der Waals surface area contributed by atoms with Crippen LogP contribution in [0.3, 0.4) is 0 Å². The van der Waals surface area contributed by atoms with Crippen LogP contribution in [-0.2, 0) is 9.59 Å². The molecule has 1 aliphatic heterocycles. The van der Waals surface area contributed by atoms with Crippen LogP contribution < -0.4 is 10.2 Å². The maximum Gasteiger partial charge on any atom is 0.244 e. The van der Waals surface area contributed by atoms with E-state index in [-0.39, 0.29) is 24.9 Å². The number of carbonyl (C=O) groups is 2. The maximum absolute atomic E-state index is 12.6. The number of likely N-dealkylation sites (N-methyl/N-ethyl adjacent to an activating group) is 1. The van der Waals surface area contributed by atoms with Crippen molar-refractivity contribution in [3.63, 3.8) is 0 Å². The quantitative estimate of drug-likeness (QED) is 0.740. The third-order valence-corrected chi connectivity index (χ3v) is 5.44. The summed E-state index contributed by atoms with van der Waals surface area (Å²) in [7, 11) is 1.62. The average molecular weight is 441 g/mol. The predicted molar refractivity (Wildman–Crippen MR) is 120 cm³/mol. The molecule has 0 bridgehead atoms. The van der Waals surface area contributed by atoms with Gasteiger partial charge < -0.3 is 15.1 Å². The summed E-state index contributed by atoms with van der Waals surface area (Å²) in [5, 5.41) is 12.5. The van der Waals surface area contributed by atoms with Crippen molar-refractivity contribution >= 4 is 34.9 Å². The molecular weight excluding hydrogens is 416 g/mol. The summed E-state index contributed by atoms with van der Waals surface area (Å²) in [6.07, 6.45) is 2.54. The molecule has 9 heteroatoms. The van der Waals surface area contributed by atoms with Gasteiger partial charge in [-0.1, -0.05) is 23.7 Å². The summed E-state index contributed by atoms with van der Waals surface area (Å²) in [6.45, 7) is 3.06. The van der Waals surface area contributed by atoms with E-state index in [2.05, 4.69) is 26.2 Å². The first-order valence-electron chi connectivity index (χ1n) is 10.1. The Hall–Kier alpha value is -3.15. The monoisotopic (exact) mass is 440 g/mol. The molecule has 1 aromatic heterocycles. The van der Waals surface area contributed by atoms with Crippen LogP contribution in [0.2, 0.25) is 5.02 Å². The van der Waals surface area contributed by atoms with Crippen molar-refractivity contribution in [3.05, 3.63) is 53.2 Å². The maximum atomic E-state index is 12.6. The fourth-order valence-electron chi connectivity index (χ4n) is 3.44. The van der Waals surface area contributed by atoms with E-state index in [9.17, 15) is 14.9 Å². The highest BCUT2D eigenvalue weighted by Gasteiger charge is 2.22. The van der Waals surface area contributed by atoms with Crippen molar-refractivity contribution in [3.8, 4) is 6.07 Å². The van der Waals surface area contributed by atoms with Gasteiger partial charge in [-0.2, -0.15) is 5.26 Å². The van der Waals surface area contributed by atoms with E-state index >= 15 is 0 Å². The van der Waals surface area contributed by atoms with E-state index < -0.39 is 0 Å². The molecule has 3 rings (SSSR count). The molecule has 31 heavy (non-hydrogen) atoms. The summed E-state index contributed by atoms with van der Waals surface area (Å²) in [6, 6.07) is 12.7. The first-order valence-corrected chi connectivity index (χ1v) is 10.5. The van der Waals surface area contributed by atoms with Crippen LogP contribution in [0.1, 0.15) is 12.0 Å². The van der Waals surface area contributed by atoms with Crippen LogP contribution in [0.25, 0.3) is 0 Å². The number of para-hydroxylation sites is 1. The van der Waals surface area contributed by atoms with Gasteiger partial charge in [0.05, 0.1) is 29.4 Å². The molecule has 2 aromatic rings. The second-order valence-electron chi connectivity index (χ2n) is 7.38. The number of nitrogens with zero attached hydrogens (tertiary/aromatic N) is 5. The van der Waals surface area contributed by atoms with Gasteiger partial charge in [0.1, 0.15) is 11.9 Å². The van der Waals surface area contributed by atoms with Crippen molar-refractivity contribution in [2.24, 2.45) is 0 Å². The number of hydrogen-bond acceptors (Lipinski definition) is 6. The molecule has 0 spiro atoms. The standard InChI is InChI=1S/C22H25ClN6O2/c1-27(15-20(30)26-19-8-3-2-7-18(19)23)21(31)16-28-10-5-11-29(13-12-28)22-17(14-24)6-4-9-25-22/h2-4,6-9H,5,10-13,15-16H2,1H3,(H,26,30). The lowest BCUT2D eigenvalue weighted by Gasteiger charge is -2.24. The van der Waals surface area contributed by atoms with Crippen LogP contribution in [0, 0.1) is 11.3 Å². The molecule has 162 valence electrons. The van der Waals surface area contributed by atoms with E-state index in [1.165, 1.54) is 4.90 Å². The molecule has 1 N–H and O–H groups in total. The lowest BCUT2D eigenvalue weighted by molar-refractivity contribution is -0.134. The molecule has 0 unspecified atom stereocenters. The summed E-state index contributed by atoms with van der Waals surface area (Å²) >= 11 is 6.06. The number of amides is 2. The largest absolute Gasteiger partial charge is 0.354 e. The Balaban J connectivity index is 1.50. The SMILES string of the molecule is CN(CC(=O)Nc1ccccc1Cl)C(=O)CN1CCCN(c2ncccc2C#N)CC1. The zero-order valence-corrected chi connectivity index (χ0v) is 18.2. The zero-order valence-electron chi connectivity index (χ0n) is 17.4. The molecule has 1 aliphatic rings. The molecule has 1 saturated heterocycles. The van der Waals surface area contributed by atoms with Gasteiger partial charge in [0.15, 0.2) is 0 Å². The van der Waals surface area contributed by atoms with Gasteiger partial charge in [-0.15, -0.1) is 0 Å². The molecular formula is C22H25ClN6O2. The molecule has 1 fully saturated rings. The molecule has 0 aliphatic carbocycles. The van der Waals surface area contributed by atoms with Gasteiger partial charge in [0.25, 0.3) is 0 Å². The van der Waals surface area contributed by atoms with E-state index in [1.54, 1.807) is 49.6 Å².